The zero-order valence-electron chi connectivity index (χ0n) is 12.9. The van der Waals surface area contributed by atoms with Crippen LogP contribution in [0.4, 0.5) is 13.2 Å². The predicted molar refractivity (Wildman–Crippen MR) is 75.5 cm³/mol. The van der Waals surface area contributed by atoms with Crippen molar-refractivity contribution in [3.8, 4) is 0 Å². The molecule has 0 saturated carbocycles. The fourth-order valence-electron chi connectivity index (χ4n) is 3.34. The maximum atomic E-state index is 12.5. The molecular weight excluding hydrogens is 327 g/mol. The highest BCUT2D eigenvalue weighted by molar-refractivity contribution is 6.05. The molecule has 2 saturated heterocycles. The van der Waals surface area contributed by atoms with Crippen molar-refractivity contribution < 1.29 is 22.8 Å². The van der Waals surface area contributed by atoms with E-state index in [4.69, 9.17) is 0 Å². The molecular formula is C14H18F3N5O2. The molecule has 2 amide bonds. The lowest BCUT2D eigenvalue weighted by Gasteiger charge is -2.34. The molecule has 24 heavy (non-hydrogen) atoms. The monoisotopic (exact) mass is 345 g/mol. The molecule has 1 atom stereocenters. The van der Waals surface area contributed by atoms with Crippen LogP contribution in [0.3, 0.4) is 0 Å². The summed E-state index contributed by atoms with van der Waals surface area (Å²) in [7, 11) is 0. The van der Waals surface area contributed by atoms with Crippen LogP contribution in [0.15, 0.2) is 12.7 Å². The molecule has 0 bridgehead atoms. The van der Waals surface area contributed by atoms with Crippen LogP contribution in [0.25, 0.3) is 0 Å². The number of nitrogens with zero attached hydrogens (tertiary/aromatic N) is 5. The molecule has 0 N–H and O–H groups in total. The van der Waals surface area contributed by atoms with Crippen LogP contribution in [-0.4, -0.2) is 68.2 Å². The molecule has 0 radical (unpaired) electrons. The summed E-state index contributed by atoms with van der Waals surface area (Å²) in [5.41, 5.74) is 0. The van der Waals surface area contributed by atoms with Crippen molar-refractivity contribution in [3.63, 3.8) is 0 Å². The molecule has 10 heteroatoms. The van der Waals surface area contributed by atoms with E-state index < -0.39 is 30.6 Å². The Kier molecular flexibility index (Phi) is 4.57. The Morgan fingerprint density at radius 3 is 2.50 bits per heavy atom. The van der Waals surface area contributed by atoms with Crippen LogP contribution in [0, 0.1) is 5.92 Å². The third-order valence-corrected chi connectivity index (χ3v) is 4.56. The standard InChI is InChI=1S/C14H18F3N5O2/c15-14(16,17)7-22-12(23)5-11(13(22)24)20-3-1-10(2-4-20)6-21-9-18-8-19-21/h8-11H,1-7H2/t11-/m0/s1. The summed E-state index contributed by atoms with van der Waals surface area (Å²) >= 11 is 0. The van der Waals surface area contributed by atoms with Crippen LogP contribution >= 0.6 is 0 Å². The van der Waals surface area contributed by atoms with Crippen molar-refractivity contribution in [2.75, 3.05) is 19.6 Å². The Morgan fingerprint density at radius 1 is 1.21 bits per heavy atom. The molecule has 0 aromatic carbocycles. The van der Waals surface area contributed by atoms with Gasteiger partial charge in [0.05, 0.1) is 12.5 Å². The van der Waals surface area contributed by atoms with Gasteiger partial charge in [-0.2, -0.15) is 18.3 Å². The van der Waals surface area contributed by atoms with Gasteiger partial charge in [0, 0.05) is 6.54 Å². The topological polar surface area (TPSA) is 71.3 Å². The molecule has 1 aromatic heterocycles. The van der Waals surface area contributed by atoms with Gasteiger partial charge in [-0.1, -0.05) is 0 Å². The second kappa shape index (κ2) is 6.50. The van der Waals surface area contributed by atoms with Crippen LogP contribution in [-0.2, 0) is 16.1 Å². The van der Waals surface area contributed by atoms with E-state index >= 15 is 0 Å². The first-order chi connectivity index (χ1) is 11.3. The summed E-state index contributed by atoms with van der Waals surface area (Å²) in [6, 6.07) is -0.757. The number of carbonyl (C=O) groups is 2. The number of amides is 2. The zero-order valence-corrected chi connectivity index (χ0v) is 12.9. The molecule has 3 rings (SSSR count). The molecule has 2 aliphatic rings. The quantitative estimate of drug-likeness (QED) is 0.751. The van der Waals surface area contributed by atoms with Crippen molar-refractivity contribution in [3.05, 3.63) is 12.7 Å². The van der Waals surface area contributed by atoms with Crippen molar-refractivity contribution in [1.82, 2.24) is 24.6 Å². The molecule has 2 aliphatic heterocycles. The Morgan fingerprint density at radius 2 is 1.92 bits per heavy atom. The maximum absolute atomic E-state index is 12.5. The molecule has 0 spiro atoms. The summed E-state index contributed by atoms with van der Waals surface area (Å²) in [6.07, 6.45) is -0.0183. The minimum Gasteiger partial charge on any atom is -0.292 e. The Bertz CT molecular complexity index is 596. The number of imide groups is 1. The first-order valence-electron chi connectivity index (χ1n) is 7.81. The fourth-order valence-corrected chi connectivity index (χ4v) is 3.34. The largest absolute Gasteiger partial charge is 0.406 e. The first kappa shape index (κ1) is 16.9. The molecule has 7 nitrogen and oxygen atoms in total. The lowest BCUT2D eigenvalue weighted by molar-refractivity contribution is -0.166. The van der Waals surface area contributed by atoms with E-state index in [1.165, 1.54) is 6.33 Å². The zero-order chi connectivity index (χ0) is 17.3. The Labute approximate surface area is 136 Å². The van der Waals surface area contributed by atoms with Gasteiger partial charge in [0.1, 0.15) is 19.2 Å². The van der Waals surface area contributed by atoms with Crippen molar-refractivity contribution >= 4 is 11.8 Å². The highest BCUT2D eigenvalue weighted by atomic mass is 19.4. The average molecular weight is 345 g/mol. The molecule has 0 unspecified atom stereocenters. The number of hydrogen-bond acceptors (Lipinski definition) is 5. The van der Waals surface area contributed by atoms with Gasteiger partial charge in [-0.25, -0.2) is 4.98 Å². The van der Waals surface area contributed by atoms with E-state index in [0.717, 1.165) is 19.4 Å². The smallest absolute Gasteiger partial charge is 0.292 e. The number of likely N-dealkylation sites (tertiary alicyclic amines) is 2. The van der Waals surface area contributed by atoms with E-state index in [1.54, 1.807) is 11.0 Å². The summed E-state index contributed by atoms with van der Waals surface area (Å²) in [6.45, 7) is 0.404. The van der Waals surface area contributed by atoms with Gasteiger partial charge in [-0.3, -0.25) is 24.1 Å². The second-order valence-electron chi connectivity index (χ2n) is 6.25. The van der Waals surface area contributed by atoms with Crippen LogP contribution in [0.5, 0.6) is 0 Å². The first-order valence-corrected chi connectivity index (χ1v) is 7.81. The van der Waals surface area contributed by atoms with Crippen LogP contribution < -0.4 is 0 Å². The van der Waals surface area contributed by atoms with Crippen molar-refractivity contribution in [2.45, 2.75) is 38.0 Å². The summed E-state index contributed by atoms with van der Waals surface area (Å²) in [4.78, 5) is 30.0. The van der Waals surface area contributed by atoms with Gasteiger partial charge < -0.3 is 0 Å². The Balaban J connectivity index is 1.55. The van der Waals surface area contributed by atoms with Crippen molar-refractivity contribution in [1.29, 1.82) is 0 Å². The normalized spacial score (nSPS) is 24.1. The lowest BCUT2D eigenvalue weighted by atomic mass is 9.95. The van der Waals surface area contributed by atoms with E-state index in [-0.39, 0.29) is 6.42 Å². The molecule has 3 heterocycles. The number of halogens is 3. The van der Waals surface area contributed by atoms with E-state index in [9.17, 15) is 22.8 Å². The number of piperidine rings is 1. The average Bonchev–Trinajstić information content (AvgIpc) is 3.11. The van der Waals surface area contributed by atoms with E-state index in [0.29, 0.717) is 23.9 Å². The number of hydrogen-bond donors (Lipinski definition) is 0. The van der Waals surface area contributed by atoms with Crippen LogP contribution in [0.2, 0.25) is 0 Å². The SMILES string of the molecule is O=C1C[C@H](N2CCC(Cn3cncn3)CC2)C(=O)N1CC(F)(F)F. The van der Waals surface area contributed by atoms with Gasteiger partial charge in [-0.15, -0.1) is 0 Å². The van der Waals surface area contributed by atoms with Gasteiger partial charge in [-0.05, 0) is 31.8 Å². The van der Waals surface area contributed by atoms with E-state index in [2.05, 4.69) is 10.1 Å². The van der Waals surface area contributed by atoms with E-state index in [1.807, 2.05) is 4.90 Å². The fraction of sp³-hybridized carbons (Fsp3) is 0.714. The number of rotatable bonds is 4. The maximum Gasteiger partial charge on any atom is 0.406 e. The molecule has 2 fully saturated rings. The number of alkyl halides is 3. The molecule has 132 valence electrons. The third-order valence-electron chi connectivity index (χ3n) is 4.56. The molecule has 0 aliphatic carbocycles. The van der Waals surface area contributed by atoms with Crippen molar-refractivity contribution in [2.24, 2.45) is 5.92 Å². The predicted octanol–water partition coefficient (Wildman–Crippen LogP) is 0.680. The minimum atomic E-state index is -4.56. The molecule has 1 aromatic rings. The summed E-state index contributed by atoms with van der Waals surface area (Å²) in [5, 5.41) is 4.05. The van der Waals surface area contributed by atoms with Gasteiger partial charge in [0.15, 0.2) is 0 Å². The highest BCUT2D eigenvalue weighted by Gasteiger charge is 2.46. The lowest BCUT2D eigenvalue weighted by Crippen LogP contribution is -2.47. The summed E-state index contributed by atoms with van der Waals surface area (Å²) < 4.78 is 39.2. The number of aromatic nitrogens is 3. The van der Waals surface area contributed by atoms with Gasteiger partial charge in [0.25, 0.3) is 0 Å². The third kappa shape index (κ3) is 3.74. The Hall–Kier alpha value is -1.97. The summed E-state index contributed by atoms with van der Waals surface area (Å²) in [5.74, 6) is -1.10. The second-order valence-corrected chi connectivity index (χ2v) is 6.25. The highest BCUT2D eigenvalue weighted by Crippen LogP contribution is 2.27. The van der Waals surface area contributed by atoms with Crippen LogP contribution in [0.1, 0.15) is 19.3 Å². The minimum absolute atomic E-state index is 0.164. The number of carbonyl (C=O) groups excluding carboxylic acids is 2. The van der Waals surface area contributed by atoms with Gasteiger partial charge >= 0.3 is 6.18 Å². The van der Waals surface area contributed by atoms with Gasteiger partial charge in [0.2, 0.25) is 11.8 Å².